The first kappa shape index (κ1) is 10.2. The molecule has 1 rings (SSSR count). The number of rotatable bonds is 4. The van der Waals surface area contributed by atoms with Crippen LogP contribution in [0.1, 0.15) is 12.5 Å². The summed E-state index contributed by atoms with van der Waals surface area (Å²) in [5.74, 6) is 0. The lowest BCUT2D eigenvalue weighted by Crippen LogP contribution is -2.33. The number of aliphatic hydroxyl groups is 1. The molecule has 0 saturated carbocycles. The predicted octanol–water partition coefficient (Wildman–Crippen LogP) is 0.581. The predicted molar refractivity (Wildman–Crippen MR) is 52.2 cm³/mol. The van der Waals surface area contributed by atoms with Crippen molar-refractivity contribution in [1.29, 1.82) is 0 Å². The molecule has 0 aliphatic carbocycles. The lowest BCUT2D eigenvalue weighted by atomic mass is 9.85. The second-order valence-corrected chi connectivity index (χ2v) is 3.71. The van der Waals surface area contributed by atoms with Crippen molar-refractivity contribution in [2.45, 2.75) is 13.3 Å². The molecule has 0 radical (unpaired) electrons. The van der Waals surface area contributed by atoms with Gasteiger partial charge in [0.2, 0.25) is 0 Å². The Morgan fingerprint density at radius 2 is 2.08 bits per heavy atom. The van der Waals surface area contributed by atoms with Gasteiger partial charge in [-0.2, -0.15) is 0 Å². The summed E-state index contributed by atoms with van der Waals surface area (Å²) in [4.78, 5) is 3.93. The highest BCUT2D eigenvalue weighted by atomic mass is 16.3. The summed E-state index contributed by atoms with van der Waals surface area (Å²) in [7, 11) is 0. The highest BCUT2D eigenvalue weighted by Gasteiger charge is 2.21. The maximum absolute atomic E-state index is 9.15. The van der Waals surface area contributed by atoms with Crippen molar-refractivity contribution in [1.82, 2.24) is 4.98 Å². The fourth-order valence-electron chi connectivity index (χ4n) is 1.19. The standard InChI is InChI=1S/C10H16N2O/c1-10(7-11,8-13)6-9-2-4-12-5-3-9/h2-5,13H,6-8,11H2,1H3. The maximum Gasteiger partial charge on any atom is 0.0500 e. The van der Waals surface area contributed by atoms with Gasteiger partial charge >= 0.3 is 0 Å². The van der Waals surface area contributed by atoms with Gasteiger partial charge in [0.05, 0.1) is 0 Å². The average Bonchev–Trinajstić information content (AvgIpc) is 2.19. The molecule has 0 fully saturated rings. The molecule has 72 valence electrons. The van der Waals surface area contributed by atoms with Crippen LogP contribution in [-0.2, 0) is 6.42 Å². The highest BCUT2D eigenvalue weighted by molar-refractivity contribution is 5.12. The summed E-state index contributed by atoms with van der Waals surface area (Å²) in [6.07, 6.45) is 4.30. The molecule has 0 amide bonds. The van der Waals surface area contributed by atoms with E-state index in [1.165, 1.54) is 0 Å². The second kappa shape index (κ2) is 4.35. The zero-order chi connectivity index (χ0) is 9.73. The van der Waals surface area contributed by atoms with Crippen LogP contribution in [0.25, 0.3) is 0 Å². The molecule has 0 aliphatic heterocycles. The third kappa shape index (κ3) is 2.79. The third-order valence-electron chi connectivity index (χ3n) is 2.25. The number of aliphatic hydroxyl groups excluding tert-OH is 1. The Morgan fingerprint density at radius 3 is 2.54 bits per heavy atom. The molecule has 3 nitrogen and oxygen atoms in total. The molecule has 0 aliphatic rings. The Hall–Kier alpha value is -0.930. The minimum atomic E-state index is -0.207. The highest BCUT2D eigenvalue weighted by Crippen LogP contribution is 2.19. The molecular weight excluding hydrogens is 164 g/mol. The molecule has 0 aromatic carbocycles. The summed E-state index contributed by atoms with van der Waals surface area (Å²) in [6, 6.07) is 3.90. The Bertz CT molecular complexity index is 244. The smallest absolute Gasteiger partial charge is 0.0500 e. The van der Waals surface area contributed by atoms with E-state index in [0.29, 0.717) is 6.54 Å². The number of nitrogens with two attached hydrogens (primary N) is 1. The van der Waals surface area contributed by atoms with E-state index in [4.69, 9.17) is 10.8 Å². The van der Waals surface area contributed by atoms with Gasteiger partial charge < -0.3 is 10.8 Å². The van der Waals surface area contributed by atoms with Crippen LogP contribution in [0.5, 0.6) is 0 Å². The molecule has 1 aromatic rings. The second-order valence-electron chi connectivity index (χ2n) is 3.71. The van der Waals surface area contributed by atoms with E-state index in [1.54, 1.807) is 12.4 Å². The topological polar surface area (TPSA) is 59.1 Å². The lowest BCUT2D eigenvalue weighted by Gasteiger charge is -2.25. The third-order valence-corrected chi connectivity index (χ3v) is 2.25. The van der Waals surface area contributed by atoms with E-state index in [-0.39, 0.29) is 12.0 Å². The SMILES string of the molecule is CC(CN)(CO)Cc1ccncc1. The van der Waals surface area contributed by atoms with Crippen molar-refractivity contribution in [2.24, 2.45) is 11.1 Å². The van der Waals surface area contributed by atoms with Gasteiger partial charge in [-0.25, -0.2) is 0 Å². The quantitative estimate of drug-likeness (QED) is 0.712. The van der Waals surface area contributed by atoms with Crippen LogP contribution in [0.2, 0.25) is 0 Å². The molecule has 0 bridgehead atoms. The first-order valence-corrected chi connectivity index (χ1v) is 4.40. The molecular formula is C10H16N2O. The normalized spacial score (nSPS) is 15.3. The van der Waals surface area contributed by atoms with Gasteiger partial charge in [0.15, 0.2) is 0 Å². The van der Waals surface area contributed by atoms with Gasteiger partial charge in [-0.3, -0.25) is 4.98 Å². The van der Waals surface area contributed by atoms with Gasteiger partial charge in [0.1, 0.15) is 0 Å². The van der Waals surface area contributed by atoms with Gasteiger partial charge in [-0.1, -0.05) is 6.92 Å². The molecule has 13 heavy (non-hydrogen) atoms. The molecule has 3 N–H and O–H groups in total. The van der Waals surface area contributed by atoms with Crippen LogP contribution < -0.4 is 5.73 Å². The lowest BCUT2D eigenvalue weighted by molar-refractivity contribution is 0.149. The average molecular weight is 180 g/mol. The van der Waals surface area contributed by atoms with Crippen LogP contribution in [0, 0.1) is 5.41 Å². The van der Waals surface area contributed by atoms with E-state index < -0.39 is 0 Å². The first-order chi connectivity index (χ1) is 6.20. The Morgan fingerprint density at radius 1 is 1.46 bits per heavy atom. The molecule has 0 saturated heterocycles. The number of hydrogen-bond acceptors (Lipinski definition) is 3. The van der Waals surface area contributed by atoms with Gasteiger partial charge in [0, 0.05) is 31.0 Å². The largest absolute Gasteiger partial charge is 0.396 e. The summed E-state index contributed by atoms with van der Waals surface area (Å²) in [6.45, 7) is 2.59. The van der Waals surface area contributed by atoms with Gasteiger partial charge in [-0.15, -0.1) is 0 Å². The Balaban J connectivity index is 2.68. The van der Waals surface area contributed by atoms with Gasteiger partial charge in [0.25, 0.3) is 0 Å². The van der Waals surface area contributed by atoms with Crippen LogP contribution in [0.3, 0.4) is 0 Å². The fourth-order valence-corrected chi connectivity index (χ4v) is 1.19. The van der Waals surface area contributed by atoms with E-state index in [1.807, 2.05) is 19.1 Å². The number of pyridine rings is 1. The maximum atomic E-state index is 9.15. The number of nitrogens with zero attached hydrogens (tertiary/aromatic N) is 1. The molecule has 1 aromatic heterocycles. The van der Waals surface area contributed by atoms with Crippen LogP contribution >= 0.6 is 0 Å². The monoisotopic (exact) mass is 180 g/mol. The van der Waals surface area contributed by atoms with Crippen molar-refractivity contribution in [3.05, 3.63) is 30.1 Å². The molecule has 0 spiro atoms. The van der Waals surface area contributed by atoms with Crippen LogP contribution in [0.15, 0.2) is 24.5 Å². The van der Waals surface area contributed by atoms with Crippen molar-refractivity contribution in [2.75, 3.05) is 13.2 Å². The Labute approximate surface area is 78.6 Å². The summed E-state index contributed by atoms with van der Waals surface area (Å²) < 4.78 is 0. The van der Waals surface area contributed by atoms with Gasteiger partial charge in [-0.05, 0) is 24.1 Å². The Kier molecular flexibility index (Phi) is 3.39. The fraction of sp³-hybridized carbons (Fsp3) is 0.500. The van der Waals surface area contributed by atoms with E-state index in [2.05, 4.69) is 4.98 Å². The van der Waals surface area contributed by atoms with E-state index >= 15 is 0 Å². The van der Waals surface area contributed by atoms with Crippen LogP contribution in [-0.4, -0.2) is 23.2 Å². The zero-order valence-corrected chi connectivity index (χ0v) is 7.90. The number of aromatic nitrogens is 1. The molecule has 1 unspecified atom stereocenters. The first-order valence-electron chi connectivity index (χ1n) is 4.40. The summed E-state index contributed by atoms with van der Waals surface area (Å²) in [5.41, 5.74) is 6.55. The molecule has 3 heteroatoms. The van der Waals surface area contributed by atoms with E-state index in [9.17, 15) is 0 Å². The van der Waals surface area contributed by atoms with Crippen molar-refractivity contribution < 1.29 is 5.11 Å². The summed E-state index contributed by atoms with van der Waals surface area (Å²) in [5, 5.41) is 9.15. The number of hydrogen-bond donors (Lipinski definition) is 2. The minimum Gasteiger partial charge on any atom is -0.396 e. The van der Waals surface area contributed by atoms with Crippen molar-refractivity contribution >= 4 is 0 Å². The summed E-state index contributed by atoms with van der Waals surface area (Å²) >= 11 is 0. The van der Waals surface area contributed by atoms with Crippen LogP contribution in [0.4, 0.5) is 0 Å². The van der Waals surface area contributed by atoms with Crippen molar-refractivity contribution in [3.8, 4) is 0 Å². The molecule has 1 atom stereocenters. The molecule has 1 heterocycles. The minimum absolute atomic E-state index is 0.117. The van der Waals surface area contributed by atoms with Crippen molar-refractivity contribution in [3.63, 3.8) is 0 Å². The van der Waals surface area contributed by atoms with E-state index in [0.717, 1.165) is 12.0 Å². The zero-order valence-electron chi connectivity index (χ0n) is 7.90.